The minimum absolute atomic E-state index is 2.04. The predicted molar refractivity (Wildman–Crippen MR) is 27.5 cm³/mol. The quantitative estimate of drug-likeness (QED) is 0.279. The van der Waals surface area contributed by atoms with Gasteiger partial charge in [0.1, 0.15) is 0 Å². The molecule has 0 amide bonds. The second kappa shape index (κ2) is 261. The van der Waals surface area contributed by atoms with Crippen LogP contribution in [0, 0.1) is 0 Å². The minimum atomic E-state index is 2.04. The molecule has 0 aliphatic rings. The normalized spacial score (nSPS) is 2.33. The maximum atomic E-state index is 7.75. The van der Waals surface area contributed by atoms with Crippen LogP contribution in [0.3, 0.4) is 0 Å². The van der Waals surface area contributed by atoms with Crippen molar-refractivity contribution in [2.24, 2.45) is 0 Å². The average Bonchev–Trinajstić information content (AvgIpc) is 1.81. The van der Waals surface area contributed by atoms with Crippen molar-refractivity contribution in [2.45, 2.75) is 0 Å². The summed E-state index contributed by atoms with van der Waals surface area (Å²) >= 11 is 4.56. The van der Waals surface area contributed by atoms with Crippen LogP contribution >= 0.6 is 19.8 Å². The van der Waals surface area contributed by atoms with Gasteiger partial charge in [-0.25, -0.2) is 0 Å². The Morgan fingerprint density at radius 1 is 1.00 bits per heavy atom. The molecule has 0 saturated heterocycles. The predicted octanol–water partition coefficient (Wildman–Crippen LogP) is 0.335. The molecule has 0 aromatic heterocycles. The van der Waals surface area contributed by atoms with Gasteiger partial charge in [-0.05, 0) is 0 Å². The van der Waals surface area contributed by atoms with Gasteiger partial charge in [0.15, 0.2) is 0 Å². The van der Waals surface area contributed by atoms with Crippen molar-refractivity contribution in [1.82, 2.24) is 0 Å². The van der Waals surface area contributed by atoms with Gasteiger partial charge in [-0.3, -0.25) is 13.6 Å². The van der Waals surface area contributed by atoms with Crippen molar-refractivity contribution in [1.29, 1.82) is 0 Å². The summed E-state index contributed by atoms with van der Waals surface area (Å²) in [6.45, 7) is 6.50. The van der Waals surface area contributed by atoms with Gasteiger partial charge in [-0.15, -0.1) is 0 Å². The Balaban J connectivity index is -0.0000000225. The third-order valence-electron chi connectivity index (χ3n) is 0. The molecule has 0 bridgehead atoms. The van der Waals surface area contributed by atoms with E-state index in [-0.39, 0.29) is 0 Å². The molecule has 0 aliphatic heterocycles. The zero-order valence-corrected chi connectivity index (χ0v) is 6.48. The van der Waals surface area contributed by atoms with Gasteiger partial charge in [-0.2, -0.15) is 0 Å². The SMILES string of the molecule is [CH-]=O.[CH-]=O.[Rh+2][I]. The number of carbonyl (C=O) groups excluding carboxylic acids is 2. The molecule has 0 saturated carbocycles. The number of halogens is 1. The van der Waals surface area contributed by atoms with Crippen molar-refractivity contribution < 1.29 is 24.4 Å². The molecule has 0 rings (SSSR count). The first-order chi connectivity index (χ1) is 3.00. The molecule has 0 aromatic rings. The topological polar surface area (TPSA) is 34.1 Å². The molecule has 2 nitrogen and oxygen atoms in total. The molecule has 0 atom stereocenters. The molecule has 0 radical (unpaired) electrons. The van der Waals surface area contributed by atoms with Gasteiger partial charge in [0.05, 0.1) is 0 Å². The van der Waals surface area contributed by atoms with Gasteiger partial charge in [0.2, 0.25) is 0 Å². The van der Waals surface area contributed by atoms with E-state index in [1.165, 1.54) is 0 Å². The van der Waals surface area contributed by atoms with E-state index in [0.29, 0.717) is 0 Å². The van der Waals surface area contributed by atoms with Gasteiger partial charge in [0, 0.05) is 0 Å². The average molecular weight is 288 g/mol. The molecule has 0 aliphatic carbocycles. The summed E-state index contributed by atoms with van der Waals surface area (Å²) in [6.07, 6.45) is 0. The summed E-state index contributed by atoms with van der Waals surface area (Å²) in [7, 11) is 0. The summed E-state index contributed by atoms with van der Waals surface area (Å²) in [6, 6.07) is 0. The Morgan fingerprint density at radius 3 is 1.00 bits per heavy atom. The van der Waals surface area contributed by atoms with Crippen LogP contribution in [-0.2, 0) is 24.4 Å². The molecular formula is C2H2IO2Rh. The first-order valence-electron chi connectivity index (χ1n) is 0.597. The Hall–Kier alpha value is 0.693. The van der Waals surface area contributed by atoms with Crippen molar-refractivity contribution in [3.05, 3.63) is 0 Å². The molecule has 0 unspecified atom stereocenters. The van der Waals surface area contributed by atoms with Crippen LogP contribution < -0.4 is 0 Å². The second-order valence-corrected chi connectivity index (χ2v) is 0. The number of hydrogen-bond acceptors (Lipinski definition) is 2. The number of rotatable bonds is 0. The summed E-state index contributed by atoms with van der Waals surface area (Å²) in [5, 5.41) is 0. The first kappa shape index (κ1) is 15.9. The molecule has 4 heteroatoms. The summed E-state index contributed by atoms with van der Waals surface area (Å²) in [5.74, 6) is 0. The monoisotopic (exact) mass is 288 g/mol. The third-order valence-corrected chi connectivity index (χ3v) is 0. The Morgan fingerprint density at radius 2 is 1.00 bits per heavy atom. The summed E-state index contributed by atoms with van der Waals surface area (Å²) in [4.78, 5) is 15.5. The standard InChI is InChI=1S/2CHO.HI.Rh/c2*1-2;;/h2*1H;1H;/q2*-1;;+3/p-1. The Bertz CT molecular complexity index is 13.5. The van der Waals surface area contributed by atoms with Gasteiger partial charge >= 0.3 is 34.5 Å². The van der Waals surface area contributed by atoms with Crippen LogP contribution in [0.5, 0.6) is 0 Å². The van der Waals surface area contributed by atoms with Crippen LogP contribution in [0.2, 0.25) is 0 Å². The molecule has 0 fully saturated rings. The first-order valence-corrected chi connectivity index (χ1v) is 5.47. The fraction of sp³-hybridized carbons (Fsp3) is 0. The fourth-order valence-electron chi connectivity index (χ4n) is 0. The van der Waals surface area contributed by atoms with Gasteiger partial charge in [-0.1, -0.05) is 0 Å². The Kier molecular flexibility index (Phi) is 691. The molecule has 0 N–H and O–H groups in total. The molecule has 0 heterocycles. The van der Waals surface area contributed by atoms with Crippen molar-refractivity contribution >= 4 is 33.3 Å². The van der Waals surface area contributed by atoms with Crippen LogP contribution in [0.25, 0.3) is 0 Å². The summed E-state index contributed by atoms with van der Waals surface area (Å²) < 4.78 is 0. The Labute approximate surface area is 57.5 Å². The fourth-order valence-corrected chi connectivity index (χ4v) is 0. The molecule has 38 valence electrons. The van der Waals surface area contributed by atoms with Crippen LogP contribution in [0.1, 0.15) is 0 Å². The van der Waals surface area contributed by atoms with E-state index in [1.807, 2.05) is 19.8 Å². The van der Waals surface area contributed by atoms with E-state index in [1.54, 1.807) is 0 Å². The van der Waals surface area contributed by atoms with Crippen LogP contribution in [0.4, 0.5) is 0 Å². The maximum absolute atomic E-state index is 7.75. The van der Waals surface area contributed by atoms with E-state index in [0.717, 1.165) is 0 Å². The number of hydrogen-bond donors (Lipinski definition) is 0. The third kappa shape index (κ3) is 133. The molecule has 0 spiro atoms. The van der Waals surface area contributed by atoms with Crippen LogP contribution in [0.15, 0.2) is 0 Å². The summed E-state index contributed by atoms with van der Waals surface area (Å²) in [5.41, 5.74) is 0. The van der Waals surface area contributed by atoms with Crippen molar-refractivity contribution in [2.75, 3.05) is 0 Å². The molecule has 6 heavy (non-hydrogen) atoms. The van der Waals surface area contributed by atoms with Crippen molar-refractivity contribution in [3.8, 4) is 0 Å². The van der Waals surface area contributed by atoms with E-state index in [2.05, 4.69) is 28.4 Å². The molecular weight excluding hydrogens is 286 g/mol. The van der Waals surface area contributed by atoms with Gasteiger partial charge < -0.3 is 9.59 Å². The van der Waals surface area contributed by atoms with E-state index >= 15 is 0 Å². The zero-order chi connectivity index (χ0) is 6.00. The second-order valence-electron chi connectivity index (χ2n) is 0. The molecule has 0 aromatic carbocycles. The van der Waals surface area contributed by atoms with Crippen LogP contribution in [-0.4, -0.2) is 13.6 Å². The van der Waals surface area contributed by atoms with Gasteiger partial charge in [0.25, 0.3) is 0 Å². The zero-order valence-electron chi connectivity index (χ0n) is 2.68. The van der Waals surface area contributed by atoms with E-state index in [4.69, 9.17) is 9.59 Å². The van der Waals surface area contributed by atoms with Crippen molar-refractivity contribution in [3.63, 3.8) is 0 Å². The van der Waals surface area contributed by atoms with E-state index in [9.17, 15) is 0 Å². The van der Waals surface area contributed by atoms with E-state index < -0.39 is 0 Å².